The van der Waals surface area contributed by atoms with Crippen molar-refractivity contribution in [3.8, 4) is 0 Å². The molecule has 0 saturated carbocycles. The number of para-hydroxylation sites is 1. The standard InChI is InChI=1S/C16H16O/c1-16(2,3)12-8-6-10-14-15(12)11-7-4-5-9-13(11)17-14/h4-10H,1-3H3/i4D,5D,6D,7D,8D,9D,10D. The van der Waals surface area contributed by atoms with Gasteiger partial charge in [-0.2, -0.15) is 0 Å². The molecule has 0 spiro atoms. The molecular formula is C16H16O. The van der Waals surface area contributed by atoms with Gasteiger partial charge in [-0.25, -0.2) is 0 Å². The average molecular weight is 231 g/mol. The molecule has 3 aromatic rings. The van der Waals surface area contributed by atoms with Crippen LogP contribution in [0.4, 0.5) is 0 Å². The van der Waals surface area contributed by atoms with Gasteiger partial charge in [0.25, 0.3) is 0 Å². The highest BCUT2D eigenvalue weighted by molar-refractivity contribution is 6.07. The molecule has 1 nitrogen and oxygen atoms in total. The number of rotatable bonds is 0. The Hall–Kier alpha value is -1.76. The third-order valence-electron chi connectivity index (χ3n) is 2.70. The molecule has 0 amide bonds. The van der Waals surface area contributed by atoms with E-state index in [4.69, 9.17) is 14.0 Å². The van der Waals surface area contributed by atoms with E-state index in [1.54, 1.807) is 0 Å². The van der Waals surface area contributed by atoms with E-state index in [0.717, 1.165) is 0 Å². The topological polar surface area (TPSA) is 13.1 Å². The van der Waals surface area contributed by atoms with E-state index >= 15 is 0 Å². The molecule has 17 heavy (non-hydrogen) atoms. The first kappa shape index (κ1) is 5.26. The zero-order chi connectivity index (χ0) is 18.1. The summed E-state index contributed by atoms with van der Waals surface area (Å²) in [7, 11) is 0. The lowest BCUT2D eigenvalue weighted by Gasteiger charge is -2.19. The number of fused-ring (bicyclic) bond motifs is 3. The zero-order valence-corrected chi connectivity index (χ0v) is 9.91. The van der Waals surface area contributed by atoms with E-state index in [-0.39, 0.29) is 52.8 Å². The highest BCUT2D eigenvalue weighted by atomic mass is 16.3. The Morgan fingerprint density at radius 2 is 1.65 bits per heavy atom. The smallest absolute Gasteiger partial charge is 0.135 e. The first-order valence-corrected chi connectivity index (χ1v) is 5.41. The van der Waals surface area contributed by atoms with Crippen LogP contribution < -0.4 is 0 Å². The van der Waals surface area contributed by atoms with Crippen molar-refractivity contribution in [2.24, 2.45) is 0 Å². The van der Waals surface area contributed by atoms with Gasteiger partial charge in [0.15, 0.2) is 0 Å². The lowest BCUT2D eigenvalue weighted by molar-refractivity contribution is 0.594. The molecule has 3 rings (SSSR count). The maximum absolute atomic E-state index is 8.27. The second kappa shape index (κ2) is 3.36. The summed E-state index contributed by atoms with van der Waals surface area (Å²) < 4.78 is 61.9. The predicted molar refractivity (Wildman–Crippen MR) is 72.4 cm³/mol. The van der Waals surface area contributed by atoms with E-state index in [2.05, 4.69) is 0 Å². The molecule has 0 radical (unpaired) electrons. The van der Waals surface area contributed by atoms with E-state index in [0.29, 0.717) is 10.9 Å². The molecular weight excluding hydrogens is 208 g/mol. The van der Waals surface area contributed by atoms with Gasteiger partial charge in [0.2, 0.25) is 0 Å². The Bertz CT molecular complexity index is 1010. The van der Waals surface area contributed by atoms with Gasteiger partial charge in [0.1, 0.15) is 11.2 Å². The Morgan fingerprint density at radius 3 is 2.41 bits per heavy atom. The maximum atomic E-state index is 8.27. The van der Waals surface area contributed by atoms with Crippen LogP contribution in [0, 0.1) is 0 Å². The third kappa shape index (κ3) is 1.54. The predicted octanol–water partition coefficient (Wildman–Crippen LogP) is 4.88. The molecule has 0 atom stereocenters. The minimum Gasteiger partial charge on any atom is -0.456 e. The molecule has 0 fully saturated rings. The molecule has 1 heteroatoms. The first-order chi connectivity index (χ1) is 11.0. The number of hydrogen-bond acceptors (Lipinski definition) is 1. The van der Waals surface area contributed by atoms with Gasteiger partial charge in [0, 0.05) is 10.8 Å². The van der Waals surface area contributed by atoms with Crippen LogP contribution in [0.5, 0.6) is 0 Å². The van der Waals surface area contributed by atoms with Crippen molar-refractivity contribution < 1.29 is 14.0 Å². The fourth-order valence-electron chi connectivity index (χ4n) is 1.92. The summed E-state index contributed by atoms with van der Waals surface area (Å²) in [5.41, 5.74) is -0.128. The fourth-order valence-corrected chi connectivity index (χ4v) is 1.92. The molecule has 2 aromatic carbocycles. The molecule has 86 valence electrons. The van der Waals surface area contributed by atoms with Crippen molar-refractivity contribution in [1.29, 1.82) is 0 Å². The monoisotopic (exact) mass is 231 g/mol. The number of furan rings is 1. The fraction of sp³-hybridized carbons (Fsp3) is 0.250. The van der Waals surface area contributed by atoms with Gasteiger partial charge < -0.3 is 4.42 Å². The van der Waals surface area contributed by atoms with Gasteiger partial charge in [-0.3, -0.25) is 0 Å². The lowest BCUT2D eigenvalue weighted by atomic mass is 9.84. The van der Waals surface area contributed by atoms with Gasteiger partial charge in [-0.1, -0.05) is 51.0 Å². The van der Waals surface area contributed by atoms with Gasteiger partial charge in [-0.05, 0) is 23.1 Å². The van der Waals surface area contributed by atoms with E-state index < -0.39 is 11.5 Å². The van der Waals surface area contributed by atoms with Crippen molar-refractivity contribution >= 4 is 21.9 Å². The number of hydrogen-bond donors (Lipinski definition) is 0. The maximum Gasteiger partial charge on any atom is 0.135 e. The van der Waals surface area contributed by atoms with Crippen LogP contribution in [-0.4, -0.2) is 0 Å². The average Bonchev–Trinajstić information content (AvgIpc) is 2.87. The van der Waals surface area contributed by atoms with Crippen LogP contribution in [0.25, 0.3) is 21.9 Å². The largest absolute Gasteiger partial charge is 0.456 e. The Morgan fingerprint density at radius 1 is 0.941 bits per heavy atom. The second-order valence-corrected chi connectivity index (χ2v) is 5.01. The molecule has 0 bridgehead atoms. The van der Waals surface area contributed by atoms with E-state index in [9.17, 15) is 0 Å². The molecule has 0 unspecified atom stereocenters. The van der Waals surface area contributed by atoms with Crippen LogP contribution in [0.15, 0.2) is 46.7 Å². The van der Waals surface area contributed by atoms with Crippen molar-refractivity contribution in [3.63, 3.8) is 0 Å². The minimum absolute atomic E-state index is 0.0305. The van der Waals surface area contributed by atoms with Crippen molar-refractivity contribution in [1.82, 2.24) is 0 Å². The second-order valence-electron chi connectivity index (χ2n) is 5.01. The summed E-state index contributed by atoms with van der Waals surface area (Å²) in [4.78, 5) is 0. The SMILES string of the molecule is [2H]c1c([2H])c([2H])c2c(oc3c([2H])c([2H])c([2H])c(C(C)(C)C)c32)c1[2H]. The quantitative estimate of drug-likeness (QED) is 0.537. The van der Waals surface area contributed by atoms with Gasteiger partial charge in [0.05, 0.1) is 9.60 Å². The summed E-state index contributed by atoms with van der Waals surface area (Å²) in [5.74, 6) is 0. The lowest BCUT2D eigenvalue weighted by Crippen LogP contribution is -2.11. The van der Waals surface area contributed by atoms with Crippen molar-refractivity contribution in [2.45, 2.75) is 26.2 Å². The van der Waals surface area contributed by atoms with Crippen LogP contribution in [0.2, 0.25) is 0 Å². The van der Waals surface area contributed by atoms with Gasteiger partial charge >= 0.3 is 0 Å². The van der Waals surface area contributed by atoms with Crippen LogP contribution in [-0.2, 0) is 5.41 Å². The summed E-state index contributed by atoms with van der Waals surface area (Å²) in [6.07, 6.45) is 0. The first-order valence-electron chi connectivity index (χ1n) is 8.91. The van der Waals surface area contributed by atoms with Crippen molar-refractivity contribution in [3.05, 3.63) is 47.9 Å². The molecule has 0 aliphatic heterocycles. The van der Waals surface area contributed by atoms with Gasteiger partial charge in [-0.15, -0.1) is 0 Å². The van der Waals surface area contributed by atoms with E-state index in [1.165, 1.54) is 0 Å². The molecule has 0 N–H and O–H groups in total. The Kier molecular flexibility index (Phi) is 1.04. The normalized spacial score (nSPS) is 18.2. The molecule has 0 aliphatic rings. The molecule has 0 saturated heterocycles. The summed E-state index contributed by atoms with van der Waals surface area (Å²) >= 11 is 0. The Labute approximate surface area is 111 Å². The molecule has 1 heterocycles. The van der Waals surface area contributed by atoms with E-state index in [1.807, 2.05) is 20.8 Å². The summed E-state index contributed by atoms with van der Waals surface area (Å²) in [6.45, 7) is 5.56. The molecule has 0 aliphatic carbocycles. The van der Waals surface area contributed by atoms with Crippen LogP contribution >= 0.6 is 0 Å². The zero-order valence-electron chi connectivity index (χ0n) is 16.9. The number of benzene rings is 2. The highest BCUT2D eigenvalue weighted by Crippen LogP contribution is 2.36. The van der Waals surface area contributed by atoms with Crippen molar-refractivity contribution in [2.75, 3.05) is 0 Å². The Balaban J connectivity index is 2.76. The summed E-state index contributed by atoms with van der Waals surface area (Å²) in [5, 5.41) is 0.499. The highest BCUT2D eigenvalue weighted by Gasteiger charge is 2.19. The van der Waals surface area contributed by atoms with Crippen LogP contribution in [0.3, 0.4) is 0 Å². The van der Waals surface area contributed by atoms with Crippen LogP contribution in [0.1, 0.15) is 35.9 Å². The minimum atomic E-state index is -0.563. The molecule has 1 aromatic heterocycles. The third-order valence-corrected chi connectivity index (χ3v) is 2.70. The summed E-state index contributed by atoms with van der Waals surface area (Å²) in [6, 6.07) is -2.05.